The summed E-state index contributed by atoms with van der Waals surface area (Å²) in [5, 5.41) is 0. The Morgan fingerprint density at radius 3 is 2.12 bits per heavy atom. The molecule has 0 rings (SSSR count). The van der Waals surface area contributed by atoms with Crippen LogP contribution in [0.15, 0.2) is 10.3 Å². The monoisotopic (exact) mass is 200 g/mol. The van der Waals surface area contributed by atoms with Crippen LogP contribution in [0.4, 0.5) is 0 Å². The Morgan fingerprint density at radius 2 is 2.12 bits per heavy atom. The summed E-state index contributed by atoms with van der Waals surface area (Å²) in [4.78, 5) is 16.6. The zero-order valence-corrected chi connectivity index (χ0v) is 6.69. The van der Waals surface area contributed by atoms with Crippen LogP contribution in [0.3, 0.4) is 0 Å². The minimum Gasteiger partial charge on any atom is -0.321 e. The first-order chi connectivity index (χ1) is 3.48. The lowest BCUT2D eigenvalue weighted by atomic mass is 10.8. The lowest BCUT2D eigenvalue weighted by molar-refractivity contribution is 0.385. The molecule has 0 saturated heterocycles. The topological polar surface area (TPSA) is 57.5 Å². The van der Waals surface area contributed by atoms with Crippen molar-refractivity contribution in [3.63, 3.8) is 0 Å². The molecular formula is C3H6BrO3P. The highest BCUT2D eigenvalue weighted by Gasteiger charge is 2.15. The maximum absolute atomic E-state index is 10.1. The van der Waals surface area contributed by atoms with Crippen molar-refractivity contribution < 1.29 is 14.4 Å². The molecule has 0 aliphatic carbocycles. The molecule has 0 aromatic rings. The van der Waals surface area contributed by atoms with Crippen molar-refractivity contribution in [3.05, 3.63) is 10.3 Å². The van der Waals surface area contributed by atoms with Gasteiger partial charge in [0.05, 0.1) is 0 Å². The molecule has 0 saturated carbocycles. The van der Waals surface area contributed by atoms with E-state index in [2.05, 4.69) is 15.9 Å². The molecule has 0 aromatic carbocycles. The summed E-state index contributed by atoms with van der Waals surface area (Å²) in [6, 6.07) is 0. The van der Waals surface area contributed by atoms with Gasteiger partial charge in [0.2, 0.25) is 0 Å². The van der Waals surface area contributed by atoms with E-state index in [-0.39, 0.29) is 4.22 Å². The van der Waals surface area contributed by atoms with Crippen molar-refractivity contribution in [1.82, 2.24) is 0 Å². The maximum Gasteiger partial charge on any atom is 0.362 e. The normalized spacial score (nSPS) is 14.2. The zero-order valence-electron chi connectivity index (χ0n) is 4.21. The van der Waals surface area contributed by atoms with Gasteiger partial charge in [-0.1, -0.05) is 6.08 Å². The molecule has 0 spiro atoms. The van der Waals surface area contributed by atoms with Gasteiger partial charge in [-0.3, -0.25) is 4.57 Å². The summed E-state index contributed by atoms with van der Waals surface area (Å²) in [6.45, 7) is 1.54. The largest absolute Gasteiger partial charge is 0.362 e. The Morgan fingerprint density at radius 1 is 1.75 bits per heavy atom. The second kappa shape index (κ2) is 2.78. The van der Waals surface area contributed by atoms with Gasteiger partial charge in [-0.2, -0.15) is 0 Å². The Kier molecular flexibility index (Phi) is 2.91. The Balaban J connectivity index is 4.27. The standard InChI is InChI=1S/C3H6BrO3P/c1-2-3(4)8(5,6)7/h2H,1H3,(H2,5,6,7)/b3-2-. The average molecular weight is 201 g/mol. The van der Waals surface area contributed by atoms with Crippen LogP contribution in [0.1, 0.15) is 6.92 Å². The van der Waals surface area contributed by atoms with E-state index >= 15 is 0 Å². The predicted molar refractivity (Wildman–Crippen MR) is 34.7 cm³/mol. The zero-order chi connectivity index (χ0) is 6.78. The lowest BCUT2D eigenvalue weighted by Gasteiger charge is -1.97. The van der Waals surface area contributed by atoms with Crippen molar-refractivity contribution in [3.8, 4) is 0 Å². The van der Waals surface area contributed by atoms with E-state index in [1.54, 1.807) is 6.92 Å². The SMILES string of the molecule is C/C=C(/Br)P(=O)(O)O. The molecule has 0 unspecified atom stereocenters. The van der Waals surface area contributed by atoms with Crippen molar-refractivity contribution in [2.75, 3.05) is 0 Å². The van der Waals surface area contributed by atoms with Gasteiger partial charge >= 0.3 is 7.60 Å². The van der Waals surface area contributed by atoms with E-state index in [0.29, 0.717) is 0 Å². The molecule has 3 nitrogen and oxygen atoms in total. The van der Waals surface area contributed by atoms with Crippen molar-refractivity contribution in [2.45, 2.75) is 6.92 Å². The molecule has 0 atom stereocenters. The van der Waals surface area contributed by atoms with Gasteiger partial charge < -0.3 is 9.79 Å². The van der Waals surface area contributed by atoms with E-state index in [1.165, 1.54) is 6.08 Å². The molecule has 48 valence electrons. The molecule has 0 aliphatic rings. The number of allylic oxidation sites excluding steroid dienone is 1. The van der Waals surface area contributed by atoms with Gasteiger partial charge in [0, 0.05) is 0 Å². The molecule has 8 heavy (non-hydrogen) atoms. The molecule has 0 bridgehead atoms. The summed E-state index contributed by atoms with van der Waals surface area (Å²) >= 11 is 2.70. The highest BCUT2D eigenvalue weighted by atomic mass is 79.9. The Bertz CT molecular complexity index is 147. The number of hydrogen-bond donors (Lipinski definition) is 2. The fraction of sp³-hybridized carbons (Fsp3) is 0.333. The number of hydrogen-bond acceptors (Lipinski definition) is 1. The average Bonchev–Trinajstić information content (AvgIpc) is 1.62. The molecule has 0 fully saturated rings. The van der Waals surface area contributed by atoms with Crippen molar-refractivity contribution in [1.29, 1.82) is 0 Å². The van der Waals surface area contributed by atoms with Crippen LogP contribution in [-0.4, -0.2) is 9.79 Å². The third-order valence-electron chi connectivity index (χ3n) is 0.516. The highest BCUT2D eigenvalue weighted by molar-refractivity contribution is 9.13. The summed E-state index contributed by atoms with van der Waals surface area (Å²) < 4.78 is 10.1. The highest BCUT2D eigenvalue weighted by Crippen LogP contribution is 2.48. The van der Waals surface area contributed by atoms with Crippen molar-refractivity contribution in [2.24, 2.45) is 0 Å². The minimum atomic E-state index is -3.98. The third-order valence-corrected chi connectivity index (χ3v) is 3.17. The summed E-state index contributed by atoms with van der Waals surface area (Å²) in [6.07, 6.45) is 1.32. The molecule has 0 aliphatic heterocycles. The first kappa shape index (κ1) is 8.37. The summed E-state index contributed by atoms with van der Waals surface area (Å²) in [7, 11) is -3.98. The van der Waals surface area contributed by atoms with Gasteiger partial charge in [-0.15, -0.1) is 0 Å². The van der Waals surface area contributed by atoms with E-state index in [1.807, 2.05) is 0 Å². The van der Waals surface area contributed by atoms with Crippen LogP contribution in [0, 0.1) is 0 Å². The first-order valence-corrected chi connectivity index (χ1v) is 4.27. The Hall–Kier alpha value is 0.370. The smallest absolute Gasteiger partial charge is 0.321 e. The van der Waals surface area contributed by atoms with E-state index < -0.39 is 7.60 Å². The molecular weight excluding hydrogens is 195 g/mol. The first-order valence-electron chi connectivity index (χ1n) is 1.86. The molecule has 0 amide bonds. The van der Waals surface area contributed by atoms with Crippen molar-refractivity contribution >= 4 is 23.5 Å². The van der Waals surface area contributed by atoms with E-state index in [9.17, 15) is 4.57 Å². The quantitative estimate of drug-likeness (QED) is 0.630. The number of halogens is 1. The fourth-order valence-electron chi connectivity index (χ4n) is 0.168. The number of rotatable bonds is 1. The predicted octanol–water partition coefficient (Wildman–Crippen LogP) is 1.42. The lowest BCUT2D eigenvalue weighted by Crippen LogP contribution is -1.73. The molecule has 0 radical (unpaired) electrons. The van der Waals surface area contributed by atoms with Crippen LogP contribution in [0.2, 0.25) is 0 Å². The van der Waals surface area contributed by atoms with Gasteiger partial charge in [0.25, 0.3) is 0 Å². The van der Waals surface area contributed by atoms with Crippen LogP contribution in [-0.2, 0) is 4.57 Å². The molecule has 0 aromatic heterocycles. The van der Waals surface area contributed by atoms with Gasteiger partial charge in [0.1, 0.15) is 4.22 Å². The van der Waals surface area contributed by atoms with Gasteiger partial charge in [0.15, 0.2) is 0 Å². The second-order valence-corrected chi connectivity index (χ2v) is 4.19. The minimum absolute atomic E-state index is 0.0648. The van der Waals surface area contributed by atoms with Gasteiger partial charge in [-0.25, -0.2) is 0 Å². The van der Waals surface area contributed by atoms with Crippen LogP contribution < -0.4 is 0 Å². The maximum atomic E-state index is 10.1. The molecule has 5 heteroatoms. The third kappa shape index (κ3) is 2.62. The fourth-order valence-corrected chi connectivity index (χ4v) is 0.505. The van der Waals surface area contributed by atoms with E-state index in [4.69, 9.17) is 9.79 Å². The summed E-state index contributed by atoms with van der Waals surface area (Å²) in [5.74, 6) is 0. The van der Waals surface area contributed by atoms with Crippen LogP contribution >= 0.6 is 23.5 Å². The van der Waals surface area contributed by atoms with Crippen LogP contribution in [0.25, 0.3) is 0 Å². The Labute approximate surface area is 55.7 Å². The summed E-state index contributed by atoms with van der Waals surface area (Å²) in [5.41, 5.74) is 0. The van der Waals surface area contributed by atoms with Gasteiger partial charge in [-0.05, 0) is 22.9 Å². The van der Waals surface area contributed by atoms with Crippen LogP contribution in [0.5, 0.6) is 0 Å². The van der Waals surface area contributed by atoms with E-state index in [0.717, 1.165) is 0 Å². The second-order valence-electron chi connectivity index (χ2n) is 1.16. The molecule has 0 heterocycles. The molecule has 2 N–H and O–H groups in total.